The zero-order chi connectivity index (χ0) is 14.0. The number of nitrogens with one attached hydrogen (secondary N) is 2. The molecular weight excluding hydrogens is 244 g/mol. The molecule has 0 rings (SSSR count). The summed E-state index contributed by atoms with van der Waals surface area (Å²) in [6, 6.07) is 0. The molecular formula is C10H24N2O6. The van der Waals surface area contributed by atoms with Gasteiger partial charge in [0.05, 0.1) is 25.5 Å². The second-order valence-electron chi connectivity index (χ2n) is 3.89. The van der Waals surface area contributed by atoms with E-state index in [-0.39, 0.29) is 39.3 Å². The fourth-order valence-corrected chi connectivity index (χ4v) is 1.48. The second kappa shape index (κ2) is 10.6. The highest BCUT2D eigenvalue weighted by molar-refractivity contribution is 4.84. The van der Waals surface area contributed by atoms with Crippen LogP contribution in [0.5, 0.6) is 0 Å². The summed E-state index contributed by atoms with van der Waals surface area (Å²) in [5.74, 6) is 0. The Labute approximate surface area is 106 Å². The predicted molar refractivity (Wildman–Crippen MR) is 63.7 cm³/mol. The van der Waals surface area contributed by atoms with E-state index >= 15 is 0 Å². The molecule has 0 bridgehead atoms. The van der Waals surface area contributed by atoms with Gasteiger partial charge < -0.3 is 30.6 Å². The van der Waals surface area contributed by atoms with E-state index in [1.807, 2.05) is 0 Å². The van der Waals surface area contributed by atoms with Crippen LogP contribution >= 0.6 is 0 Å². The van der Waals surface area contributed by atoms with Crippen molar-refractivity contribution in [3.05, 3.63) is 0 Å². The van der Waals surface area contributed by atoms with E-state index in [4.69, 9.17) is 15.3 Å². The fraction of sp³-hybridized carbons (Fsp3) is 1.00. The summed E-state index contributed by atoms with van der Waals surface area (Å²) >= 11 is 0. The van der Waals surface area contributed by atoms with Crippen molar-refractivity contribution < 1.29 is 30.6 Å². The minimum Gasteiger partial charge on any atom is -0.396 e. The van der Waals surface area contributed by atoms with Crippen molar-refractivity contribution in [1.82, 2.24) is 10.6 Å². The summed E-state index contributed by atoms with van der Waals surface area (Å²) in [5.41, 5.74) is 0. The first-order valence-electron chi connectivity index (χ1n) is 5.92. The first-order chi connectivity index (χ1) is 8.58. The summed E-state index contributed by atoms with van der Waals surface area (Å²) in [6.45, 7) is -0.242. The van der Waals surface area contributed by atoms with E-state index in [1.165, 1.54) is 0 Å². The van der Waals surface area contributed by atoms with E-state index in [1.54, 1.807) is 0 Å². The van der Waals surface area contributed by atoms with Gasteiger partial charge >= 0.3 is 0 Å². The van der Waals surface area contributed by atoms with Crippen LogP contribution < -0.4 is 10.6 Å². The zero-order valence-corrected chi connectivity index (χ0v) is 10.2. The Morgan fingerprint density at radius 3 is 1.61 bits per heavy atom. The Morgan fingerprint density at radius 1 is 0.722 bits per heavy atom. The maximum atomic E-state index is 9.85. The van der Waals surface area contributed by atoms with Gasteiger partial charge in [-0.3, -0.25) is 10.6 Å². The number of aliphatic hydroxyl groups is 6. The summed E-state index contributed by atoms with van der Waals surface area (Å²) < 4.78 is 0. The van der Waals surface area contributed by atoms with Crippen LogP contribution in [0.3, 0.4) is 0 Å². The van der Waals surface area contributed by atoms with E-state index in [9.17, 15) is 15.3 Å². The van der Waals surface area contributed by atoms with E-state index in [0.717, 1.165) is 0 Å². The van der Waals surface area contributed by atoms with Crippen LogP contribution in [0.4, 0.5) is 0 Å². The molecule has 0 spiro atoms. The van der Waals surface area contributed by atoms with E-state index in [2.05, 4.69) is 10.6 Å². The van der Waals surface area contributed by atoms with Crippen LogP contribution in [0, 0.1) is 0 Å². The molecule has 0 amide bonds. The molecule has 3 atom stereocenters. The molecule has 0 aliphatic rings. The molecule has 0 aliphatic heterocycles. The first kappa shape index (κ1) is 17.7. The van der Waals surface area contributed by atoms with Crippen LogP contribution in [-0.2, 0) is 0 Å². The van der Waals surface area contributed by atoms with Crippen molar-refractivity contribution in [3.8, 4) is 0 Å². The molecule has 0 aromatic rings. The molecule has 8 heteroatoms. The SMILES string of the molecule is OCCNC(NCCO)C(O)C(O)C(O)CCO. The highest BCUT2D eigenvalue weighted by atomic mass is 16.4. The Bertz CT molecular complexity index is 189. The van der Waals surface area contributed by atoms with Crippen molar-refractivity contribution in [2.75, 3.05) is 32.9 Å². The van der Waals surface area contributed by atoms with Gasteiger partial charge in [0, 0.05) is 19.7 Å². The van der Waals surface area contributed by atoms with Gasteiger partial charge in [0.15, 0.2) is 0 Å². The van der Waals surface area contributed by atoms with Crippen LogP contribution in [0.25, 0.3) is 0 Å². The zero-order valence-electron chi connectivity index (χ0n) is 10.2. The lowest BCUT2D eigenvalue weighted by Crippen LogP contribution is -2.58. The van der Waals surface area contributed by atoms with E-state index < -0.39 is 24.5 Å². The molecule has 8 nitrogen and oxygen atoms in total. The standard InChI is InChI=1S/C10H24N2O6/c13-4-1-7(16)8(17)9(18)10(11-2-5-14)12-3-6-15/h7-18H,1-6H2. The van der Waals surface area contributed by atoms with Gasteiger partial charge in [-0.25, -0.2) is 0 Å². The summed E-state index contributed by atoms with van der Waals surface area (Å²) in [4.78, 5) is 0. The number of rotatable bonds is 11. The highest BCUT2D eigenvalue weighted by Crippen LogP contribution is 2.06. The third kappa shape index (κ3) is 6.57. The summed E-state index contributed by atoms with van der Waals surface area (Å²) in [5, 5.41) is 60.4. The number of hydrogen-bond acceptors (Lipinski definition) is 8. The van der Waals surface area contributed by atoms with Gasteiger partial charge in [-0.2, -0.15) is 0 Å². The normalized spacial score (nSPS) is 16.8. The molecule has 0 saturated carbocycles. The molecule has 0 saturated heterocycles. The van der Waals surface area contributed by atoms with Gasteiger partial charge in [-0.05, 0) is 6.42 Å². The molecule has 0 fully saturated rings. The number of aliphatic hydroxyl groups excluding tert-OH is 6. The van der Waals surface area contributed by atoms with Gasteiger partial charge in [0.1, 0.15) is 12.2 Å². The molecule has 18 heavy (non-hydrogen) atoms. The summed E-state index contributed by atoms with van der Waals surface area (Å²) in [7, 11) is 0. The Kier molecular flexibility index (Phi) is 10.4. The third-order valence-corrected chi connectivity index (χ3v) is 2.46. The highest BCUT2D eigenvalue weighted by Gasteiger charge is 2.30. The van der Waals surface area contributed by atoms with Crippen molar-refractivity contribution in [2.24, 2.45) is 0 Å². The molecule has 3 unspecified atom stereocenters. The smallest absolute Gasteiger partial charge is 0.111 e. The lowest BCUT2D eigenvalue weighted by atomic mass is 10.0. The monoisotopic (exact) mass is 268 g/mol. The van der Waals surface area contributed by atoms with Gasteiger partial charge in [-0.1, -0.05) is 0 Å². The third-order valence-electron chi connectivity index (χ3n) is 2.46. The molecule has 0 aromatic carbocycles. The topological polar surface area (TPSA) is 145 Å². The van der Waals surface area contributed by atoms with Crippen molar-refractivity contribution >= 4 is 0 Å². The molecule has 110 valence electrons. The molecule has 8 N–H and O–H groups in total. The molecule has 0 heterocycles. The lowest BCUT2D eigenvalue weighted by Gasteiger charge is -2.30. The van der Waals surface area contributed by atoms with Crippen LogP contribution in [0.15, 0.2) is 0 Å². The minimum absolute atomic E-state index is 0.0506. The van der Waals surface area contributed by atoms with Gasteiger partial charge in [0.2, 0.25) is 0 Å². The summed E-state index contributed by atoms with van der Waals surface area (Å²) in [6.07, 6.45) is -4.87. The van der Waals surface area contributed by atoms with Crippen molar-refractivity contribution in [2.45, 2.75) is 30.9 Å². The maximum Gasteiger partial charge on any atom is 0.111 e. The molecule has 0 aromatic heterocycles. The number of hydrogen-bond donors (Lipinski definition) is 8. The average molecular weight is 268 g/mol. The minimum atomic E-state index is -1.44. The Morgan fingerprint density at radius 2 is 1.22 bits per heavy atom. The maximum absolute atomic E-state index is 9.85. The van der Waals surface area contributed by atoms with Crippen molar-refractivity contribution in [3.63, 3.8) is 0 Å². The first-order valence-corrected chi connectivity index (χ1v) is 5.92. The largest absolute Gasteiger partial charge is 0.396 e. The Hall–Kier alpha value is -0.320. The predicted octanol–water partition coefficient (Wildman–Crippen LogP) is -4.06. The van der Waals surface area contributed by atoms with Gasteiger partial charge in [-0.15, -0.1) is 0 Å². The van der Waals surface area contributed by atoms with E-state index in [0.29, 0.717) is 0 Å². The lowest BCUT2D eigenvalue weighted by molar-refractivity contribution is -0.0821. The van der Waals surface area contributed by atoms with Gasteiger partial charge in [0.25, 0.3) is 0 Å². The molecule has 0 radical (unpaired) electrons. The van der Waals surface area contributed by atoms with Crippen molar-refractivity contribution in [1.29, 1.82) is 0 Å². The Balaban J connectivity index is 4.35. The second-order valence-corrected chi connectivity index (χ2v) is 3.89. The average Bonchev–Trinajstić information content (AvgIpc) is 2.37. The molecule has 0 aliphatic carbocycles. The van der Waals surface area contributed by atoms with Crippen LogP contribution in [-0.4, -0.2) is 88.0 Å². The quantitative estimate of drug-likeness (QED) is 0.177. The van der Waals surface area contributed by atoms with Crippen LogP contribution in [0.2, 0.25) is 0 Å². The fourth-order valence-electron chi connectivity index (χ4n) is 1.48. The van der Waals surface area contributed by atoms with Crippen LogP contribution in [0.1, 0.15) is 6.42 Å².